The molecule has 0 aliphatic heterocycles. The first-order chi connectivity index (χ1) is 36.0. The minimum Gasteiger partial charge on any atom is -0.462 e. The van der Waals surface area contributed by atoms with Crippen molar-refractivity contribution in [3.8, 4) is 0 Å². The molecule has 0 radical (unpaired) electrons. The van der Waals surface area contributed by atoms with Gasteiger partial charge >= 0.3 is 17.9 Å². The molecule has 0 fully saturated rings. The molecule has 6 heteroatoms. The second-order valence-electron chi connectivity index (χ2n) is 23.1. The van der Waals surface area contributed by atoms with E-state index in [0.717, 1.165) is 57.8 Å². The number of carbonyl (C=O) groups excluding carboxylic acids is 3. The Hall–Kier alpha value is -1.59. The molecule has 0 aromatic rings. The highest BCUT2D eigenvalue weighted by atomic mass is 16.6. The monoisotopic (exact) mass is 1030 g/mol. The van der Waals surface area contributed by atoms with Gasteiger partial charge in [-0.1, -0.05) is 355 Å². The van der Waals surface area contributed by atoms with Crippen molar-refractivity contribution in [1.82, 2.24) is 0 Å². The Labute approximate surface area is 457 Å². The second kappa shape index (κ2) is 62.9. The number of hydrogen-bond acceptors (Lipinski definition) is 6. The average Bonchev–Trinajstić information content (AvgIpc) is 3.39. The number of ether oxygens (including phenoxy) is 3. The largest absolute Gasteiger partial charge is 0.462 e. The highest BCUT2D eigenvalue weighted by Crippen LogP contribution is 2.19. The van der Waals surface area contributed by atoms with E-state index in [9.17, 15) is 14.4 Å². The van der Waals surface area contributed by atoms with Gasteiger partial charge in [-0.05, 0) is 19.3 Å². The first-order valence-electron chi connectivity index (χ1n) is 33.5. The van der Waals surface area contributed by atoms with Gasteiger partial charge in [-0.2, -0.15) is 0 Å². The second-order valence-corrected chi connectivity index (χ2v) is 23.1. The molecule has 0 saturated carbocycles. The van der Waals surface area contributed by atoms with Crippen molar-refractivity contribution < 1.29 is 28.6 Å². The molecule has 73 heavy (non-hydrogen) atoms. The van der Waals surface area contributed by atoms with Crippen LogP contribution in [0.25, 0.3) is 0 Å². The summed E-state index contributed by atoms with van der Waals surface area (Å²) in [4.78, 5) is 38.4. The first kappa shape index (κ1) is 71.4. The van der Waals surface area contributed by atoms with Crippen LogP contribution in [0.15, 0.2) is 0 Å². The lowest BCUT2D eigenvalue weighted by molar-refractivity contribution is -0.167. The maximum absolute atomic E-state index is 12.9. The van der Waals surface area contributed by atoms with Crippen molar-refractivity contribution in [2.24, 2.45) is 0 Å². The summed E-state index contributed by atoms with van der Waals surface area (Å²) in [5.74, 6) is -0.821. The van der Waals surface area contributed by atoms with Gasteiger partial charge in [0.2, 0.25) is 0 Å². The Morgan fingerprint density at radius 2 is 0.370 bits per heavy atom. The summed E-state index contributed by atoms with van der Waals surface area (Å²) in [6.45, 7) is 6.74. The Kier molecular flexibility index (Phi) is 61.6. The van der Waals surface area contributed by atoms with E-state index < -0.39 is 6.10 Å². The lowest BCUT2D eigenvalue weighted by Gasteiger charge is -2.18. The van der Waals surface area contributed by atoms with Gasteiger partial charge < -0.3 is 14.2 Å². The summed E-state index contributed by atoms with van der Waals surface area (Å²) in [5, 5.41) is 0. The number of unbranched alkanes of at least 4 members (excludes halogenated alkanes) is 52. The SMILES string of the molecule is CCCCCCCCCCCCCCCCCCCCCCCCC(=O)OCC(COC(=O)CCCCCCCCCCCCCCCCCC)OC(=O)CCCCCCCCCCCCCCCCCCC. The lowest BCUT2D eigenvalue weighted by atomic mass is 10.0. The van der Waals surface area contributed by atoms with Crippen LogP contribution >= 0.6 is 0 Å². The van der Waals surface area contributed by atoms with Gasteiger partial charge in [0.1, 0.15) is 13.2 Å². The zero-order valence-corrected chi connectivity index (χ0v) is 50.0. The number of rotatable bonds is 63. The molecular formula is C67H130O6. The summed E-state index contributed by atoms with van der Waals surface area (Å²) in [7, 11) is 0. The Balaban J connectivity index is 4.25. The average molecular weight is 1030 g/mol. The van der Waals surface area contributed by atoms with E-state index in [-0.39, 0.29) is 31.1 Å². The Morgan fingerprint density at radius 3 is 0.548 bits per heavy atom. The topological polar surface area (TPSA) is 78.9 Å². The van der Waals surface area contributed by atoms with Crippen LogP contribution in [0.5, 0.6) is 0 Å². The van der Waals surface area contributed by atoms with E-state index in [1.165, 1.54) is 295 Å². The van der Waals surface area contributed by atoms with Crippen LogP contribution in [-0.4, -0.2) is 37.2 Å². The first-order valence-corrected chi connectivity index (χ1v) is 33.5. The maximum atomic E-state index is 12.9. The molecule has 0 amide bonds. The molecule has 0 bridgehead atoms. The number of hydrogen-bond donors (Lipinski definition) is 0. The fourth-order valence-corrected chi connectivity index (χ4v) is 10.6. The molecule has 0 N–H and O–H groups in total. The summed E-state index contributed by atoms with van der Waals surface area (Å²) < 4.78 is 17.0. The molecule has 0 aliphatic carbocycles. The van der Waals surface area contributed by atoms with Crippen molar-refractivity contribution in [3.63, 3.8) is 0 Å². The summed E-state index contributed by atoms with van der Waals surface area (Å²) in [6.07, 6.45) is 72.6. The fraction of sp³-hybridized carbons (Fsp3) is 0.955. The third kappa shape index (κ3) is 61.1. The molecule has 6 nitrogen and oxygen atoms in total. The van der Waals surface area contributed by atoms with Crippen molar-refractivity contribution in [2.75, 3.05) is 13.2 Å². The van der Waals surface area contributed by atoms with E-state index in [4.69, 9.17) is 14.2 Å². The van der Waals surface area contributed by atoms with Crippen molar-refractivity contribution >= 4 is 17.9 Å². The van der Waals surface area contributed by atoms with Crippen LogP contribution in [0.4, 0.5) is 0 Å². The van der Waals surface area contributed by atoms with E-state index in [1.807, 2.05) is 0 Å². The maximum Gasteiger partial charge on any atom is 0.306 e. The molecule has 434 valence electrons. The van der Waals surface area contributed by atoms with Crippen molar-refractivity contribution in [1.29, 1.82) is 0 Å². The van der Waals surface area contributed by atoms with Crippen LogP contribution in [0.1, 0.15) is 393 Å². The third-order valence-corrected chi connectivity index (χ3v) is 15.6. The molecule has 1 atom stereocenters. The van der Waals surface area contributed by atoms with Crippen LogP contribution in [0.3, 0.4) is 0 Å². The van der Waals surface area contributed by atoms with Crippen molar-refractivity contribution in [2.45, 2.75) is 399 Å². The summed E-state index contributed by atoms with van der Waals surface area (Å²) in [6, 6.07) is 0. The molecule has 0 aliphatic rings. The zero-order chi connectivity index (χ0) is 52.9. The molecule has 0 aromatic carbocycles. The predicted molar refractivity (Wildman–Crippen MR) is 317 cm³/mol. The standard InChI is InChI=1S/C67H130O6/c1-4-7-10-13-16-19-22-25-28-31-32-33-34-35-37-39-42-45-48-51-54-57-60-66(69)72-63-64(62-71-65(68)59-56-53-50-47-44-41-38-30-27-24-21-18-15-12-9-6-3)73-67(70)61-58-55-52-49-46-43-40-36-29-26-23-20-17-14-11-8-5-2/h64H,4-63H2,1-3H3. The molecule has 0 spiro atoms. The van der Waals surface area contributed by atoms with Gasteiger partial charge in [-0.25, -0.2) is 0 Å². The molecule has 0 rings (SSSR count). The van der Waals surface area contributed by atoms with Crippen LogP contribution in [0, 0.1) is 0 Å². The normalized spacial score (nSPS) is 11.9. The van der Waals surface area contributed by atoms with Crippen LogP contribution in [-0.2, 0) is 28.6 Å². The fourth-order valence-electron chi connectivity index (χ4n) is 10.6. The Bertz CT molecular complexity index is 1090. The molecule has 1 unspecified atom stereocenters. The molecule has 0 saturated heterocycles. The number of carbonyl (C=O) groups is 3. The minimum absolute atomic E-state index is 0.0603. The summed E-state index contributed by atoms with van der Waals surface area (Å²) in [5.41, 5.74) is 0. The van der Waals surface area contributed by atoms with Gasteiger partial charge in [0.15, 0.2) is 6.10 Å². The summed E-state index contributed by atoms with van der Waals surface area (Å²) >= 11 is 0. The Morgan fingerprint density at radius 1 is 0.219 bits per heavy atom. The van der Waals surface area contributed by atoms with Gasteiger partial charge in [0.25, 0.3) is 0 Å². The molecule has 0 aromatic heterocycles. The smallest absolute Gasteiger partial charge is 0.306 e. The van der Waals surface area contributed by atoms with E-state index in [2.05, 4.69) is 20.8 Å². The zero-order valence-electron chi connectivity index (χ0n) is 50.0. The highest BCUT2D eigenvalue weighted by molar-refractivity contribution is 5.71. The quantitative estimate of drug-likeness (QED) is 0.0343. The highest BCUT2D eigenvalue weighted by Gasteiger charge is 2.19. The number of esters is 3. The third-order valence-electron chi connectivity index (χ3n) is 15.6. The van der Waals surface area contributed by atoms with Crippen molar-refractivity contribution in [3.05, 3.63) is 0 Å². The van der Waals surface area contributed by atoms with Gasteiger partial charge in [-0.15, -0.1) is 0 Å². The van der Waals surface area contributed by atoms with E-state index >= 15 is 0 Å². The van der Waals surface area contributed by atoms with E-state index in [0.29, 0.717) is 19.3 Å². The minimum atomic E-state index is -0.762. The predicted octanol–water partition coefficient (Wildman–Crippen LogP) is 22.7. The van der Waals surface area contributed by atoms with Crippen LogP contribution in [0.2, 0.25) is 0 Å². The van der Waals surface area contributed by atoms with Gasteiger partial charge in [0, 0.05) is 19.3 Å². The van der Waals surface area contributed by atoms with E-state index in [1.54, 1.807) is 0 Å². The van der Waals surface area contributed by atoms with Crippen LogP contribution < -0.4 is 0 Å². The molecule has 0 heterocycles. The molecular weight excluding hydrogens is 901 g/mol. The van der Waals surface area contributed by atoms with Gasteiger partial charge in [-0.3, -0.25) is 14.4 Å². The lowest BCUT2D eigenvalue weighted by Crippen LogP contribution is -2.30. The van der Waals surface area contributed by atoms with Gasteiger partial charge in [0.05, 0.1) is 0 Å².